The molecule has 0 fully saturated rings. The largest absolute Gasteiger partial charge is 0.384 e. The first-order valence-electron chi connectivity index (χ1n) is 7.25. The molecule has 20 heavy (non-hydrogen) atoms. The molecule has 0 aliphatic rings. The monoisotopic (exact) mass is 270 g/mol. The van der Waals surface area contributed by atoms with Gasteiger partial charge in [0, 0.05) is 5.56 Å². The zero-order valence-corrected chi connectivity index (χ0v) is 12.4. The molecule has 1 aromatic heterocycles. The van der Waals surface area contributed by atoms with Gasteiger partial charge in [-0.25, -0.2) is 0 Å². The van der Waals surface area contributed by atoms with E-state index in [4.69, 9.17) is 0 Å². The Hall–Kier alpha value is -1.74. The van der Waals surface area contributed by atoms with E-state index in [1.807, 2.05) is 32.0 Å². The van der Waals surface area contributed by atoms with Gasteiger partial charge in [0.15, 0.2) is 0 Å². The summed E-state index contributed by atoms with van der Waals surface area (Å²) in [5.74, 6) is 0. The number of benzene rings is 1. The molecule has 0 spiro atoms. The van der Waals surface area contributed by atoms with E-state index < -0.39 is 6.10 Å². The second-order valence-corrected chi connectivity index (χ2v) is 5.14. The highest BCUT2D eigenvalue weighted by atomic mass is 16.3. The van der Waals surface area contributed by atoms with Crippen molar-refractivity contribution >= 4 is 0 Å². The quantitative estimate of drug-likeness (QED) is 0.906. The van der Waals surface area contributed by atoms with Crippen LogP contribution in [0.2, 0.25) is 0 Å². The summed E-state index contributed by atoms with van der Waals surface area (Å²) in [4.78, 5) is 0. The van der Waals surface area contributed by atoms with E-state index in [2.05, 4.69) is 29.3 Å². The average Bonchev–Trinajstić information content (AvgIpc) is 2.47. The smallest absolute Gasteiger partial charge is 0.106 e. The Morgan fingerprint density at radius 3 is 2.40 bits per heavy atom. The minimum atomic E-state index is -0.630. The lowest BCUT2D eigenvalue weighted by Gasteiger charge is -2.15. The lowest BCUT2D eigenvalue weighted by molar-refractivity contribution is 0.218. The van der Waals surface area contributed by atoms with Gasteiger partial charge in [-0.15, -0.1) is 0 Å². The Balaban J connectivity index is 2.30. The molecule has 0 aliphatic carbocycles. The van der Waals surface area contributed by atoms with Crippen LogP contribution in [-0.4, -0.2) is 15.3 Å². The van der Waals surface area contributed by atoms with E-state index in [1.54, 1.807) is 0 Å². The molecule has 0 amide bonds. The number of aromatic nitrogens is 2. The van der Waals surface area contributed by atoms with Crippen LogP contribution in [-0.2, 0) is 12.8 Å². The third-order valence-corrected chi connectivity index (χ3v) is 3.49. The molecule has 1 atom stereocenters. The van der Waals surface area contributed by atoms with Crippen molar-refractivity contribution in [3.05, 3.63) is 58.4 Å². The van der Waals surface area contributed by atoms with E-state index >= 15 is 0 Å². The fourth-order valence-corrected chi connectivity index (χ4v) is 2.38. The van der Waals surface area contributed by atoms with Crippen LogP contribution in [0.3, 0.4) is 0 Å². The van der Waals surface area contributed by atoms with Crippen LogP contribution in [0.4, 0.5) is 0 Å². The summed E-state index contributed by atoms with van der Waals surface area (Å²) in [5.41, 5.74) is 4.78. The molecule has 3 heteroatoms. The zero-order valence-electron chi connectivity index (χ0n) is 12.4. The summed E-state index contributed by atoms with van der Waals surface area (Å²) >= 11 is 0. The van der Waals surface area contributed by atoms with Gasteiger partial charge in [-0.05, 0) is 37.0 Å². The Labute approximate surface area is 120 Å². The minimum absolute atomic E-state index is 0.630. The van der Waals surface area contributed by atoms with Gasteiger partial charge in [0.2, 0.25) is 0 Å². The molecule has 3 nitrogen and oxygen atoms in total. The van der Waals surface area contributed by atoms with E-state index in [0.717, 1.165) is 41.8 Å². The highest BCUT2D eigenvalue weighted by Crippen LogP contribution is 2.25. The number of hydrogen-bond donors (Lipinski definition) is 1. The molecule has 0 saturated carbocycles. The molecule has 1 aromatic carbocycles. The zero-order chi connectivity index (χ0) is 14.5. The van der Waals surface area contributed by atoms with Crippen LogP contribution in [0.25, 0.3) is 0 Å². The predicted molar refractivity (Wildman–Crippen MR) is 80.6 cm³/mol. The standard InChI is InChI=1S/C17H22N2O/c1-4-6-13-7-9-14(10-8-13)17(20)15-11-12(3)18-19-16(15)5-2/h7-11,17,20H,4-6H2,1-3H3. The lowest BCUT2D eigenvalue weighted by Crippen LogP contribution is -2.07. The number of rotatable bonds is 5. The highest BCUT2D eigenvalue weighted by molar-refractivity contribution is 5.34. The number of nitrogens with zero attached hydrogens (tertiary/aromatic N) is 2. The molecule has 1 N–H and O–H groups in total. The summed E-state index contributed by atoms with van der Waals surface area (Å²) in [5, 5.41) is 18.8. The van der Waals surface area contributed by atoms with Gasteiger partial charge in [-0.1, -0.05) is 44.5 Å². The highest BCUT2D eigenvalue weighted by Gasteiger charge is 2.15. The maximum atomic E-state index is 10.6. The fraction of sp³-hybridized carbons (Fsp3) is 0.412. The maximum absolute atomic E-state index is 10.6. The Kier molecular flexibility index (Phi) is 4.85. The Morgan fingerprint density at radius 1 is 1.10 bits per heavy atom. The van der Waals surface area contributed by atoms with Crippen molar-refractivity contribution in [3.8, 4) is 0 Å². The van der Waals surface area contributed by atoms with Crippen molar-refractivity contribution < 1.29 is 5.11 Å². The second-order valence-electron chi connectivity index (χ2n) is 5.14. The topological polar surface area (TPSA) is 46.0 Å². The third kappa shape index (κ3) is 3.23. The molecule has 1 unspecified atom stereocenters. The first-order chi connectivity index (χ1) is 9.65. The summed E-state index contributed by atoms with van der Waals surface area (Å²) in [6.07, 6.45) is 2.35. The van der Waals surface area contributed by atoms with Gasteiger partial charge >= 0.3 is 0 Å². The van der Waals surface area contributed by atoms with Gasteiger partial charge in [0.1, 0.15) is 6.10 Å². The van der Waals surface area contributed by atoms with Gasteiger partial charge in [0.25, 0.3) is 0 Å². The molecule has 0 radical (unpaired) electrons. The van der Waals surface area contributed by atoms with E-state index in [-0.39, 0.29) is 0 Å². The van der Waals surface area contributed by atoms with Gasteiger partial charge in [-0.2, -0.15) is 10.2 Å². The number of hydrogen-bond acceptors (Lipinski definition) is 3. The Morgan fingerprint density at radius 2 is 1.80 bits per heavy atom. The SMILES string of the molecule is CCCc1ccc(C(O)c2cc(C)nnc2CC)cc1. The summed E-state index contributed by atoms with van der Waals surface area (Å²) in [6, 6.07) is 10.1. The van der Waals surface area contributed by atoms with Crippen LogP contribution < -0.4 is 0 Å². The molecule has 1 heterocycles. The van der Waals surface area contributed by atoms with Crippen LogP contribution in [0.5, 0.6) is 0 Å². The van der Waals surface area contributed by atoms with Crippen molar-refractivity contribution in [2.24, 2.45) is 0 Å². The average molecular weight is 270 g/mol. The van der Waals surface area contributed by atoms with Crippen LogP contribution in [0, 0.1) is 6.92 Å². The molecule has 0 aliphatic heterocycles. The summed E-state index contributed by atoms with van der Waals surface area (Å²) in [7, 11) is 0. The van der Waals surface area contributed by atoms with Crippen LogP contribution in [0.15, 0.2) is 30.3 Å². The van der Waals surface area contributed by atoms with Gasteiger partial charge < -0.3 is 5.11 Å². The first kappa shape index (κ1) is 14.7. The molecular formula is C17H22N2O. The number of aliphatic hydroxyl groups is 1. The van der Waals surface area contributed by atoms with Crippen molar-refractivity contribution in [2.75, 3.05) is 0 Å². The Bertz CT molecular complexity index is 564. The predicted octanol–water partition coefficient (Wildman–Crippen LogP) is 3.38. The number of aliphatic hydroxyl groups excluding tert-OH is 1. The molecule has 2 rings (SSSR count). The first-order valence-corrected chi connectivity index (χ1v) is 7.25. The van der Waals surface area contributed by atoms with Crippen molar-refractivity contribution in [2.45, 2.75) is 46.1 Å². The van der Waals surface area contributed by atoms with Gasteiger partial charge in [-0.3, -0.25) is 0 Å². The summed E-state index contributed by atoms with van der Waals surface area (Å²) < 4.78 is 0. The van der Waals surface area contributed by atoms with Crippen molar-refractivity contribution in [1.82, 2.24) is 10.2 Å². The van der Waals surface area contributed by atoms with Crippen molar-refractivity contribution in [3.63, 3.8) is 0 Å². The molecule has 0 bridgehead atoms. The molecular weight excluding hydrogens is 248 g/mol. The molecule has 2 aromatic rings. The maximum Gasteiger partial charge on any atom is 0.106 e. The lowest BCUT2D eigenvalue weighted by atomic mass is 9.97. The van der Waals surface area contributed by atoms with E-state index in [1.165, 1.54) is 5.56 Å². The van der Waals surface area contributed by atoms with Gasteiger partial charge in [0.05, 0.1) is 11.4 Å². The molecule has 106 valence electrons. The van der Waals surface area contributed by atoms with Crippen molar-refractivity contribution in [1.29, 1.82) is 0 Å². The second kappa shape index (κ2) is 6.62. The normalized spacial score (nSPS) is 12.4. The van der Waals surface area contributed by atoms with E-state index in [0.29, 0.717) is 0 Å². The number of aryl methyl sites for hydroxylation is 3. The molecule has 0 saturated heterocycles. The van der Waals surface area contributed by atoms with E-state index in [9.17, 15) is 5.11 Å². The van der Waals surface area contributed by atoms with Crippen LogP contribution in [0.1, 0.15) is 54.5 Å². The van der Waals surface area contributed by atoms with Crippen LogP contribution >= 0.6 is 0 Å². The minimum Gasteiger partial charge on any atom is -0.384 e. The fourth-order valence-electron chi connectivity index (χ4n) is 2.38. The third-order valence-electron chi connectivity index (χ3n) is 3.49. The summed E-state index contributed by atoms with van der Waals surface area (Å²) in [6.45, 7) is 6.09.